The third-order valence-electron chi connectivity index (χ3n) is 3.53. The van der Waals surface area contributed by atoms with Gasteiger partial charge in [-0.15, -0.1) is 0 Å². The molecule has 0 aliphatic heterocycles. The summed E-state index contributed by atoms with van der Waals surface area (Å²) < 4.78 is 5.58. The Labute approximate surface area is 167 Å². The minimum absolute atomic E-state index is 0.0175. The minimum Gasteiger partial charge on any atom is -0.545 e. The molecule has 0 saturated carbocycles. The standard InChI is InChI=1S/C19H19ClN2O4S/c1-2-3-9-26-14-6-4-5-12(10-14)17(23)22-19(27)21-13-7-8-16(20)15(11-13)18(24)25/h4-8,10-11H,2-3,9H2,1H3,(H,24,25)(H2,21,22,23,27)/p-1. The van der Waals surface area contributed by atoms with E-state index in [1.165, 1.54) is 18.2 Å². The van der Waals surface area contributed by atoms with Crippen LogP contribution in [0.4, 0.5) is 5.69 Å². The van der Waals surface area contributed by atoms with Crippen LogP contribution in [0.3, 0.4) is 0 Å². The number of carbonyl (C=O) groups excluding carboxylic acids is 2. The highest BCUT2D eigenvalue weighted by atomic mass is 35.5. The fourth-order valence-electron chi connectivity index (χ4n) is 2.16. The number of benzene rings is 2. The van der Waals surface area contributed by atoms with Crippen molar-refractivity contribution in [2.45, 2.75) is 19.8 Å². The Kier molecular flexibility index (Phi) is 7.57. The number of amides is 1. The van der Waals surface area contributed by atoms with Crippen LogP contribution in [0.25, 0.3) is 0 Å². The van der Waals surface area contributed by atoms with Gasteiger partial charge in [0.15, 0.2) is 5.11 Å². The number of unbranched alkanes of at least 4 members (excludes halogenated alkanes) is 1. The molecule has 0 atom stereocenters. The second kappa shape index (κ2) is 9.89. The van der Waals surface area contributed by atoms with Crippen LogP contribution in [0.15, 0.2) is 42.5 Å². The average Bonchev–Trinajstić information content (AvgIpc) is 2.63. The Hall–Kier alpha value is -2.64. The molecule has 27 heavy (non-hydrogen) atoms. The van der Waals surface area contributed by atoms with E-state index in [1.54, 1.807) is 24.3 Å². The van der Waals surface area contributed by atoms with Crippen LogP contribution in [0.2, 0.25) is 5.02 Å². The normalized spacial score (nSPS) is 10.1. The molecule has 0 aromatic heterocycles. The first-order valence-corrected chi connectivity index (χ1v) is 9.05. The fourth-order valence-corrected chi connectivity index (χ4v) is 2.56. The maximum absolute atomic E-state index is 12.3. The molecule has 0 bridgehead atoms. The number of ether oxygens (including phenoxy) is 1. The van der Waals surface area contributed by atoms with Crippen molar-refractivity contribution in [2.75, 3.05) is 11.9 Å². The molecule has 0 aliphatic rings. The number of carboxylic acids is 1. The highest BCUT2D eigenvalue weighted by Gasteiger charge is 2.10. The van der Waals surface area contributed by atoms with Gasteiger partial charge in [-0.05, 0) is 55.0 Å². The molecule has 0 heterocycles. The van der Waals surface area contributed by atoms with Crippen LogP contribution in [-0.2, 0) is 0 Å². The van der Waals surface area contributed by atoms with Gasteiger partial charge in [-0.3, -0.25) is 10.1 Å². The van der Waals surface area contributed by atoms with Crippen molar-refractivity contribution in [1.82, 2.24) is 5.32 Å². The van der Waals surface area contributed by atoms with Gasteiger partial charge in [0.2, 0.25) is 0 Å². The lowest BCUT2D eigenvalue weighted by atomic mass is 10.2. The summed E-state index contributed by atoms with van der Waals surface area (Å²) in [6.45, 7) is 2.65. The predicted molar refractivity (Wildman–Crippen MR) is 106 cm³/mol. The highest BCUT2D eigenvalue weighted by Crippen LogP contribution is 2.20. The zero-order chi connectivity index (χ0) is 19.8. The van der Waals surface area contributed by atoms with Crippen LogP contribution >= 0.6 is 23.8 Å². The quantitative estimate of drug-likeness (QED) is 0.543. The second-order valence-electron chi connectivity index (χ2n) is 5.62. The number of aromatic carboxylic acids is 1. The van der Waals surface area contributed by atoms with E-state index >= 15 is 0 Å². The Morgan fingerprint density at radius 1 is 1.22 bits per heavy atom. The number of rotatable bonds is 7. The van der Waals surface area contributed by atoms with E-state index in [1.807, 2.05) is 0 Å². The molecule has 142 valence electrons. The average molecular weight is 406 g/mol. The molecule has 0 fully saturated rings. The van der Waals surface area contributed by atoms with Gasteiger partial charge in [-0.1, -0.05) is 31.0 Å². The smallest absolute Gasteiger partial charge is 0.257 e. The summed E-state index contributed by atoms with van der Waals surface area (Å²) in [7, 11) is 0. The maximum Gasteiger partial charge on any atom is 0.257 e. The van der Waals surface area contributed by atoms with Crippen molar-refractivity contribution in [3.8, 4) is 5.75 Å². The number of thiocarbonyl (C=S) groups is 1. The first kappa shape index (κ1) is 20.7. The van der Waals surface area contributed by atoms with Gasteiger partial charge >= 0.3 is 0 Å². The lowest BCUT2D eigenvalue weighted by Crippen LogP contribution is -2.34. The number of carbonyl (C=O) groups is 2. The largest absolute Gasteiger partial charge is 0.545 e. The molecule has 0 spiro atoms. The monoisotopic (exact) mass is 405 g/mol. The summed E-state index contributed by atoms with van der Waals surface area (Å²) in [5.74, 6) is -1.22. The first-order valence-electron chi connectivity index (χ1n) is 8.26. The lowest BCUT2D eigenvalue weighted by molar-refractivity contribution is -0.255. The van der Waals surface area contributed by atoms with Crippen molar-refractivity contribution in [1.29, 1.82) is 0 Å². The van der Waals surface area contributed by atoms with E-state index in [2.05, 4.69) is 17.6 Å². The number of halogens is 1. The van der Waals surface area contributed by atoms with E-state index < -0.39 is 11.9 Å². The second-order valence-corrected chi connectivity index (χ2v) is 6.44. The lowest BCUT2D eigenvalue weighted by Gasteiger charge is -2.12. The van der Waals surface area contributed by atoms with Crippen LogP contribution in [0.1, 0.15) is 40.5 Å². The van der Waals surface area contributed by atoms with Crippen LogP contribution in [0, 0.1) is 0 Å². The van der Waals surface area contributed by atoms with Crippen molar-refractivity contribution >= 4 is 46.5 Å². The van der Waals surface area contributed by atoms with E-state index in [4.69, 9.17) is 28.6 Å². The minimum atomic E-state index is -1.40. The molecule has 0 unspecified atom stereocenters. The van der Waals surface area contributed by atoms with E-state index in [0.717, 1.165) is 12.8 Å². The van der Waals surface area contributed by atoms with Gasteiger partial charge in [-0.2, -0.15) is 0 Å². The number of hydrogen-bond donors (Lipinski definition) is 2. The van der Waals surface area contributed by atoms with Gasteiger partial charge in [0.05, 0.1) is 12.6 Å². The van der Waals surface area contributed by atoms with Crippen LogP contribution < -0.4 is 20.5 Å². The molecule has 0 radical (unpaired) electrons. The van der Waals surface area contributed by atoms with Crippen molar-refractivity contribution in [2.24, 2.45) is 0 Å². The van der Waals surface area contributed by atoms with Gasteiger partial charge in [-0.25, -0.2) is 0 Å². The predicted octanol–water partition coefficient (Wildman–Crippen LogP) is 3.01. The van der Waals surface area contributed by atoms with E-state index in [-0.39, 0.29) is 15.7 Å². The summed E-state index contributed by atoms with van der Waals surface area (Å²) in [5.41, 5.74) is 0.577. The number of hydrogen-bond acceptors (Lipinski definition) is 5. The molecule has 0 aliphatic carbocycles. The van der Waals surface area contributed by atoms with Gasteiger partial charge in [0.25, 0.3) is 5.91 Å². The summed E-state index contributed by atoms with van der Waals surface area (Å²) in [6.07, 6.45) is 1.95. The highest BCUT2D eigenvalue weighted by molar-refractivity contribution is 7.80. The molecule has 2 rings (SSSR count). The summed E-state index contributed by atoms with van der Waals surface area (Å²) >= 11 is 10.9. The van der Waals surface area contributed by atoms with Crippen molar-refractivity contribution < 1.29 is 19.4 Å². The zero-order valence-electron chi connectivity index (χ0n) is 14.6. The Balaban J connectivity index is 1.99. The van der Waals surface area contributed by atoms with Crippen molar-refractivity contribution in [3.05, 3.63) is 58.6 Å². The molecule has 2 N–H and O–H groups in total. The van der Waals surface area contributed by atoms with Crippen LogP contribution in [-0.4, -0.2) is 23.6 Å². The number of anilines is 1. The SMILES string of the molecule is CCCCOc1cccc(C(=O)NC(=S)Nc2ccc(Cl)c(C(=O)[O-])c2)c1. The number of carboxylic acid groups (broad SMARTS) is 1. The molecule has 2 aromatic carbocycles. The summed E-state index contributed by atoms with van der Waals surface area (Å²) in [6, 6.07) is 11.0. The Morgan fingerprint density at radius 2 is 2.00 bits per heavy atom. The van der Waals surface area contributed by atoms with E-state index in [0.29, 0.717) is 23.6 Å². The third-order valence-corrected chi connectivity index (χ3v) is 4.07. The Bertz CT molecular complexity index is 857. The fraction of sp³-hybridized carbons (Fsp3) is 0.211. The molecular formula is C19H18ClN2O4S-. The summed E-state index contributed by atoms with van der Waals surface area (Å²) in [5, 5.41) is 16.4. The molecular weight excluding hydrogens is 388 g/mol. The number of nitrogens with one attached hydrogen (secondary N) is 2. The maximum atomic E-state index is 12.3. The Morgan fingerprint density at radius 3 is 2.70 bits per heavy atom. The summed E-state index contributed by atoms with van der Waals surface area (Å²) in [4.78, 5) is 23.3. The van der Waals surface area contributed by atoms with Gasteiger partial charge < -0.3 is 20.0 Å². The first-order chi connectivity index (χ1) is 12.9. The van der Waals surface area contributed by atoms with E-state index in [9.17, 15) is 14.7 Å². The zero-order valence-corrected chi connectivity index (χ0v) is 16.2. The van der Waals surface area contributed by atoms with Crippen LogP contribution in [0.5, 0.6) is 5.75 Å². The third kappa shape index (κ3) is 6.23. The van der Waals surface area contributed by atoms with Crippen molar-refractivity contribution in [3.63, 3.8) is 0 Å². The molecule has 2 aromatic rings. The topological polar surface area (TPSA) is 90.5 Å². The molecule has 0 saturated heterocycles. The molecule has 1 amide bonds. The van der Waals surface area contributed by atoms with Gasteiger partial charge in [0, 0.05) is 21.8 Å². The molecule has 8 heteroatoms. The molecule has 6 nitrogen and oxygen atoms in total. The van der Waals surface area contributed by atoms with Gasteiger partial charge in [0.1, 0.15) is 5.75 Å².